The molecule has 1 nitrogen and oxygen atoms in total. The van der Waals surface area contributed by atoms with Crippen molar-refractivity contribution in [2.45, 2.75) is 33.7 Å². The Kier molecular flexibility index (Phi) is 8.17. The van der Waals surface area contributed by atoms with Crippen LogP contribution in [-0.2, 0) is 39.3 Å². The van der Waals surface area contributed by atoms with Crippen LogP contribution in [0, 0.1) is 13.8 Å². The first kappa shape index (κ1) is 15.6. The number of benzene rings is 1. The Morgan fingerprint density at radius 3 is 2.47 bits per heavy atom. The van der Waals surface area contributed by atoms with Gasteiger partial charge < -0.3 is 0 Å². The van der Waals surface area contributed by atoms with Crippen molar-refractivity contribution in [1.82, 2.24) is 4.31 Å². The summed E-state index contributed by atoms with van der Waals surface area (Å²) in [6.07, 6.45) is 1.15. The maximum atomic E-state index is 4.43. The quantitative estimate of drug-likeness (QED) is 0.834. The minimum Gasteiger partial charge on any atom is -0.249 e. The third-order valence-electron chi connectivity index (χ3n) is 2.33. The van der Waals surface area contributed by atoms with Crippen molar-refractivity contribution in [1.29, 1.82) is 0 Å². The van der Waals surface area contributed by atoms with E-state index in [0.717, 1.165) is 19.5 Å². The van der Waals surface area contributed by atoms with Gasteiger partial charge in [-0.05, 0) is 31.4 Å². The number of hydrogen-bond acceptors (Lipinski definition) is 2. The zero-order chi connectivity index (χ0) is 10.6. The minimum absolute atomic E-state index is 0. The van der Waals surface area contributed by atoms with Gasteiger partial charge in [0, 0.05) is 45.8 Å². The number of rotatable bonds is 4. The van der Waals surface area contributed by atoms with Gasteiger partial charge in [0.05, 0.1) is 0 Å². The first-order valence-corrected chi connectivity index (χ1v) is 5.53. The van der Waals surface area contributed by atoms with E-state index in [1.165, 1.54) is 16.7 Å². The Bertz CT molecular complexity index is 302. The van der Waals surface area contributed by atoms with Crippen LogP contribution < -0.4 is 0 Å². The summed E-state index contributed by atoms with van der Waals surface area (Å²) in [5.74, 6) is 0. The molecule has 0 atom stereocenters. The third-order valence-corrected chi connectivity index (χ3v) is 2.67. The molecule has 0 aliphatic heterocycles. The molecule has 0 N–H and O–H groups in total. The van der Waals surface area contributed by atoms with Crippen LogP contribution in [0.25, 0.3) is 0 Å². The molecule has 0 aliphatic rings. The van der Waals surface area contributed by atoms with E-state index in [0.29, 0.717) is 0 Å². The molecule has 0 heterocycles. The molecule has 0 saturated heterocycles. The molecule has 1 aromatic carbocycles. The van der Waals surface area contributed by atoms with Gasteiger partial charge >= 0.3 is 0 Å². The number of hydrogen-bond donors (Lipinski definition) is 1. The molecule has 81 valence electrons. The Morgan fingerprint density at radius 2 is 1.93 bits per heavy atom. The molecule has 3 heteroatoms. The van der Waals surface area contributed by atoms with Crippen molar-refractivity contribution in [2.75, 3.05) is 6.54 Å². The largest absolute Gasteiger partial charge is 0.249 e. The molecule has 1 radical (unpaired) electrons. The maximum Gasteiger partial charge on any atom is 0.0340 e. The van der Waals surface area contributed by atoms with Crippen molar-refractivity contribution in [3.8, 4) is 0 Å². The van der Waals surface area contributed by atoms with Gasteiger partial charge in [-0.1, -0.05) is 43.5 Å². The second-order valence-corrected chi connectivity index (χ2v) is 4.38. The summed E-state index contributed by atoms with van der Waals surface area (Å²) >= 11 is 4.43. The van der Waals surface area contributed by atoms with Crippen molar-refractivity contribution < 1.29 is 32.7 Å². The summed E-state index contributed by atoms with van der Waals surface area (Å²) in [6.45, 7) is 8.43. The van der Waals surface area contributed by atoms with Gasteiger partial charge in [0.15, 0.2) is 0 Å². The monoisotopic (exact) mass is 298 g/mol. The van der Waals surface area contributed by atoms with Crippen LogP contribution in [0.15, 0.2) is 18.2 Å². The van der Waals surface area contributed by atoms with Gasteiger partial charge in [0.2, 0.25) is 0 Å². The molecule has 0 fully saturated rings. The summed E-state index contributed by atoms with van der Waals surface area (Å²) < 4.78 is 2.07. The van der Waals surface area contributed by atoms with Gasteiger partial charge in [-0.3, -0.25) is 0 Å². The normalized spacial score (nSPS) is 10.2. The predicted octanol–water partition coefficient (Wildman–Crippen LogP) is 3.36. The average molecular weight is 298 g/mol. The van der Waals surface area contributed by atoms with Gasteiger partial charge in [-0.25, -0.2) is 4.31 Å². The van der Waals surface area contributed by atoms with E-state index in [1.807, 2.05) is 0 Å². The zero-order valence-electron chi connectivity index (χ0n) is 9.83. The smallest absolute Gasteiger partial charge is 0.0340 e. The molecule has 1 rings (SSSR count). The van der Waals surface area contributed by atoms with E-state index in [9.17, 15) is 0 Å². The second kappa shape index (κ2) is 7.83. The second-order valence-electron chi connectivity index (χ2n) is 3.82. The van der Waals surface area contributed by atoms with Gasteiger partial charge in [0.1, 0.15) is 0 Å². The summed E-state index contributed by atoms with van der Waals surface area (Å²) in [5.41, 5.74) is 4.06. The van der Waals surface area contributed by atoms with E-state index < -0.39 is 0 Å². The molecule has 0 saturated carbocycles. The van der Waals surface area contributed by atoms with Gasteiger partial charge in [0.25, 0.3) is 0 Å². The molecule has 0 unspecified atom stereocenters. The predicted molar refractivity (Wildman–Crippen MR) is 65.6 cm³/mol. The minimum atomic E-state index is 0. The van der Waals surface area contributed by atoms with E-state index in [-0.39, 0.29) is 32.7 Å². The van der Waals surface area contributed by atoms with Crippen LogP contribution in [0.2, 0.25) is 0 Å². The van der Waals surface area contributed by atoms with Crippen molar-refractivity contribution in [3.05, 3.63) is 34.9 Å². The molecule has 0 bridgehead atoms. The van der Waals surface area contributed by atoms with Crippen molar-refractivity contribution in [3.63, 3.8) is 0 Å². The van der Waals surface area contributed by atoms with Crippen LogP contribution >= 0.6 is 12.8 Å². The molecular formula is C12H19NSY. The van der Waals surface area contributed by atoms with Gasteiger partial charge in [-0.2, -0.15) is 0 Å². The molecule has 0 spiro atoms. The summed E-state index contributed by atoms with van der Waals surface area (Å²) in [7, 11) is 0. The maximum absolute atomic E-state index is 4.43. The molecule has 0 amide bonds. The van der Waals surface area contributed by atoms with E-state index in [2.05, 4.69) is 56.1 Å². The van der Waals surface area contributed by atoms with Crippen LogP contribution in [0.1, 0.15) is 30.0 Å². The molecule has 1 aromatic rings. The van der Waals surface area contributed by atoms with Crippen LogP contribution in [-0.4, -0.2) is 10.8 Å². The summed E-state index contributed by atoms with van der Waals surface area (Å²) in [5, 5.41) is 0. The SMILES string of the molecule is CCCN(S)Cc1ccc(C)cc1C.[Y]. The van der Waals surface area contributed by atoms with Crippen LogP contribution in [0.4, 0.5) is 0 Å². The molecule has 0 aliphatic carbocycles. The molecule has 15 heavy (non-hydrogen) atoms. The first-order valence-electron chi connectivity index (χ1n) is 5.13. The number of nitrogens with zero attached hydrogens (tertiary/aromatic N) is 1. The van der Waals surface area contributed by atoms with Gasteiger partial charge in [-0.15, -0.1) is 0 Å². The van der Waals surface area contributed by atoms with Crippen LogP contribution in [0.3, 0.4) is 0 Å². The van der Waals surface area contributed by atoms with Crippen molar-refractivity contribution in [2.24, 2.45) is 0 Å². The zero-order valence-corrected chi connectivity index (χ0v) is 13.6. The molecule has 0 aromatic heterocycles. The fourth-order valence-electron chi connectivity index (χ4n) is 1.56. The summed E-state index contributed by atoms with van der Waals surface area (Å²) in [4.78, 5) is 0. The Balaban J connectivity index is 0.00000196. The average Bonchev–Trinajstić information content (AvgIpc) is 2.10. The van der Waals surface area contributed by atoms with Crippen molar-refractivity contribution >= 4 is 12.8 Å². The Morgan fingerprint density at radius 1 is 1.27 bits per heavy atom. The Hall–Kier alpha value is 0.634. The van der Waals surface area contributed by atoms with E-state index in [1.54, 1.807) is 0 Å². The van der Waals surface area contributed by atoms with E-state index in [4.69, 9.17) is 0 Å². The number of aryl methyl sites for hydroxylation is 2. The fourth-order valence-corrected chi connectivity index (χ4v) is 1.91. The van der Waals surface area contributed by atoms with Crippen LogP contribution in [0.5, 0.6) is 0 Å². The van der Waals surface area contributed by atoms with E-state index >= 15 is 0 Å². The standard InChI is InChI=1S/C12H19NS.Y/c1-4-7-13(14)9-12-6-5-10(2)8-11(12)3;/h5-6,8,14H,4,7,9H2,1-3H3;. The summed E-state index contributed by atoms with van der Waals surface area (Å²) in [6, 6.07) is 6.59. The first-order chi connectivity index (χ1) is 6.63. The third kappa shape index (κ3) is 5.49. The number of thiol groups is 1. The fraction of sp³-hybridized carbons (Fsp3) is 0.500. The Labute approximate surface area is 124 Å². The topological polar surface area (TPSA) is 3.24 Å². The molecular weight excluding hydrogens is 279 g/mol.